The van der Waals surface area contributed by atoms with Crippen molar-refractivity contribution < 1.29 is 4.52 Å². The zero-order chi connectivity index (χ0) is 17.4. The molecular formula is C18H22N6O. The van der Waals surface area contributed by atoms with Gasteiger partial charge in [0.15, 0.2) is 0 Å². The monoisotopic (exact) mass is 338 g/mol. The summed E-state index contributed by atoms with van der Waals surface area (Å²) >= 11 is 0. The van der Waals surface area contributed by atoms with Crippen molar-refractivity contribution in [1.29, 1.82) is 0 Å². The van der Waals surface area contributed by atoms with Crippen molar-refractivity contribution in [2.75, 3.05) is 38.7 Å². The van der Waals surface area contributed by atoms with Gasteiger partial charge in [-0.2, -0.15) is 0 Å². The molecule has 130 valence electrons. The van der Waals surface area contributed by atoms with E-state index in [0.717, 1.165) is 59.7 Å². The maximum Gasteiger partial charge on any atom is 0.238 e. The van der Waals surface area contributed by atoms with Crippen LogP contribution >= 0.6 is 0 Å². The fraction of sp³-hybridized carbons (Fsp3) is 0.389. The lowest BCUT2D eigenvalue weighted by Crippen LogP contribution is -2.47. The van der Waals surface area contributed by atoms with Crippen molar-refractivity contribution in [3.63, 3.8) is 0 Å². The van der Waals surface area contributed by atoms with Crippen LogP contribution < -0.4 is 5.43 Å². The van der Waals surface area contributed by atoms with Crippen LogP contribution in [0.25, 0.3) is 22.0 Å². The first-order valence-electron chi connectivity index (χ1n) is 8.50. The predicted molar refractivity (Wildman–Crippen MR) is 97.2 cm³/mol. The van der Waals surface area contributed by atoms with E-state index in [0.29, 0.717) is 5.95 Å². The molecule has 25 heavy (non-hydrogen) atoms. The molecule has 0 aliphatic carbocycles. The van der Waals surface area contributed by atoms with Crippen LogP contribution in [0.15, 0.2) is 28.9 Å². The Morgan fingerprint density at radius 3 is 2.64 bits per heavy atom. The SMILES string of the molecule is Cc1noc(C)c1-c1ccc2nc(NN3CCN(C)CC3)ncc2c1. The zero-order valence-electron chi connectivity index (χ0n) is 14.8. The molecule has 1 aromatic carbocycles. The molecule has 1 aliphatic rings. The highest BCUT2D eigenvalue weighted by molar-refractivity contribution is 5.85. The summed E-state index contributed by atoms with van der Waals surface area (Å²) in [7, 11) is 2.14. The van der Waals surface area contributed by atoms with E-state index < -0.39 is 0 Å². The van der Waals surface area contributed by atoms with E-state index in [1.54, 1.807) is 0 Å². The number of hydrazine groups is 1. The van der Waals surface area contributed by atoms with E-state index in [1.807, 2.05) is 26.1 Å². The van der Waals surface area contributed by atoms with E-state index in [-0.39, 0.29) is 0 Å². The minimum atomic E-state index is 0.641. The molecule has 1 saturated heterocycles. The summed E-state index contributed by atoms with van der Waals surface area (Å²) in [5, 5.41) is 7.20. The van der Waals surface area contributed by atoms with Gasteiger partial charge in [-0.1, -0.05) is 11.2 Å². The summed E-state index contributed by atoms with van der Waals surface area (Å²) in [6, 6.07) is 6.16. The van der Waals surface area contributed by atoms with E-state index in [1.165, 1.54) is 0 Å². The third kappa shape index (κ3) is 3.20. The topological polar surface area (TPSA) is 70.3 Å². The van der Waals surface area contributed by atoms with E-state index in [2.05, 4.69) is 49.6 Å². The molecule has 3 heterocycles. The van der Waals surface area contributed by atoms with Crippen LogP contribution in [-0.2, 0) is 0 Å². The number of nitrogens with zero attached hydrogens (tertiary/aromatic N) is 5. The van der Waals surface area contributed by atoms with Gasteiger partial charge in [0.1, 0.15) is 5.76 Å². The molecule has 0 bridgehead atoms. The predicted octanol–water partition coefficient (Wildman–Crippen LogP) is 2.48. The molecule has 2 aromatic heterocycles. The Morgan fingerprint density at radius 1 is 1.12 bits per heavy atom. The van der Waals surface area contributed by atoms with Crippen LogP contribution in [0.2, 0.25) is 0 Å². The Morgan fingerprint density at radius 2 is 1.92 bits per heavy atom. The number of anilines is 1. The Labute approximate surface area is 146 Å². The minimum Gasteiger partial charge on any atom is -0.361 e. The van der Waals surface area contributed by atoms with Crippen molar-refractivity contribution >= 4 is 16.9 Å². The summed E-state index contributed by atoms with van der Waals surface area (Å²) in [6.07, 6.45) is 1.86. The second-order valence-electron chi connectivity index (χ2n) is 6.57. The second-order valence-corrected chi connectivity index (χ2v) is 6.57. The Hall–Kier alpha value is -2.51. The molecule has 0 atom stereocenters. The molecule has 0 unspecified atom stereocenters. The van der Waals surface area contributed by atoms with Gasteiger partial charge in [-0.05, 0) is 38.6 Å². The smallest absolute Gasteiger partial charge is 0.238 e. The lowest BCUT2D eigenvalue weighted by Gasteiger charge is -2.32. The summed E-state index contributed by atoms with van der Waals surface area (Å²) in [5.74, 6) is 1.47. The number of fused-ring (bicyclic) bond motifs is 1. The molecule has 0 radical (unpaired) electrons. The highest BCUT2D eigenvalue weighted by Crippen LogP contribution is 2.29. The fourth-order valence-corrected chi connectivity index (χ4v) is 3.20. The molecule has 0 spiro atoms. The number of aromatic nitrogens is 3. The number of hydrogen-bond donors (Lipinski definition) is 1. The molecule has 0 amide bonds. The highest BCUT2D eigenvalue weighted by Gasteiger charge is 2.15. The van der Waals surface area contributed by atoms with Crippen molar-refractivity contribution in [1.82, 2.24) is 25.0 Å². The maximum atomic E-state index is 5.27. The molecule has 7 heteroatoms. The summed E-state index contributed by atoms with van der Waals surface area (Å²) in [6.45, 7) is 7.89. The minimum absolute atomic E-state index is 0.641. The quantitative estimate of drug-likeness (QED) is 0.786. The van der Waals surface area contributed by atoms with Gasteiger partial charge in [-0.3, -0.25) is 5.43 Å². The van der Waals surface area contributed by atoms with Crippen molar-refractivity contribution in [3.8, 4) is 11.1 Å². The van der Waals surface area contributed by atoms with Crippen LogP contribution in [0.1, 0.15) is 11.5 Å². The van der Waals surface area contributed by atoms with Gasteiger partial charge >= 0.3 is 0 Å². The number of nitrogens with one attached hydrogen (secondary N) is 1. The van der Waals surface area contributed by atoms with Crippen LogP contribution in [0.4, 0.5) is 5.95 Å². The van der Waals surface area contributed by atoms with Gasteiger partial charge in [-0.15, -0.1) is 0 Å². The largest absolute Gasteiger partial charge is 0.361 e. The molecule has 0 saturated carbocycles. The first-order valence-corrected chi connectivity index (χ1v) is 8.50. The van der Waals surface area contributed by atoms with E-state index in [9.17, 15) is 0 Å². The second kappa shape index (κ2) is 6.42. The number of hydrogen-bond acceptors (Lipinski definition) is 7. The van der Waals surface area contributed by atoms with Gasteiger partial charge in [0.05, 0.1) is 11.2 Å². The normalized spacial score (nSPS) is 16.4. The van der Waals surface area contributed by atoms with E-state index >= 15 is 0 Å². The number of likely N-dealkylation sites (N-methyl/N-ethyl adjacent to an activating group) is 1. The first kappa shape index (κ1) is 16.0. The third-order valence-electron chi connectivity index (χ3n) is 4.66. The highest BCUT2D eigenvalue weighted by atomic mass is 16.5. The zero-order valence-corrected chi connectivity index (χ0v) is 14.8. The van der Waals surface area contributed by atoms with Crippen LogP contribution in [0.5, 0.6) is 0 Å². The molecule has 3 aromatic rings. The van der Waals surface area contributed by atoms with E-state index in [4.69, 9.17) is 4.52 Å². The van der Waals surface area contributed by atoms with Gasteiger partial charge in [0, 0.05) is 43.3 Å². The van der Waals surface area contributed by atoms with Gasteiger partial charge in [0.25, 0.3) is 0 Å². The maximum absolute atomic E-state index is 5.27. The Balaban J connectivity index is 1.59. The molecular weight excluding hydrogens is 316 g/mol. The summed E-state index contributed by atoms with van der Waals surface area (Å²) in [4.78, 5) is 11.4. The van der Waals surface area contributed by atoms with Gasteiger partial charge in [-0.25, -0.2) is 15.0 Å². The number of rotatable bonds is 3. The fourth-order valence-electron chi connectivity index (χ4n) is 3.20. The number of benzene rings is 1. The van der Waals surface area contributed by atoms with Gasteiger partial charge in [0.2, 0.25) is 5.95 Å². The average molecular weight is 338 g/mol. The van der Waals surface area contributed by atoms with Crippen molar-refractivity contribution in [2.45, 2.75) is 13.8 Å². The number of piperazine rings is 1. The Kier molecular flexibility index (Phi) is 4.10. The molecule has 7 nitrogen and oxygen atoms in total. The lowest BCUT2D eigenvalue weighted by atomic mass is 10.0. The van der Waals surface area contributed by atoms with Crippen LogP contribution in [-0.4, -0.2) is 58.3 Å². The van der Waals surface area contributed by atoms with Crippen molar-refractivity contribution in [3.05, 3.63) is 35.9 Å². The molecule has 1 aliphatic heterocycles. The molecule has 1 fully saturated rings. The van der Waals surface area contributed by atoms with Gasteiger partial charge < -0.3 is 9.42 Å². The van der Waals surface area contributed by atoms with Crippen LogP contribution in [0.3, 0.4) is 0 Å². The lowest BCUT2D eigenvalue weighted by molar-refractivity contribution is 0.178. The third-order valence-corrected chi connectivity index (χ3v) is 4.66. The average Bonchev–Trinajstić information content (AvgIpc) is 2.95. The molecule has 4 rings (SSSR count). The first-order chi connectivity index (χ1) is 12.1. The Bertz CT molecular complexity index is 878. The summed E-state index contributed by atoms with van der Waals surface area (Å²) < 4.78 is 5.27. The van der Waals surface area contributed by atoms with Crippen molar-refractivity contribution in [2.24, 2.45) is 0 Å². The molecule has 1 N–H and O–H groups in total. The standard InChI is InChI=1S/C18H22N6O/c1-12-17(13(2)25-22-12)14-4-5-16-15(10-14)11-19-18(20-16)21-24-8-6-23(3)7-9-24/h4-5,10-11H,6-9H2,1-3H3,(H,19,20,21). The van der Waals surface area contributed by atoms with Crippen LogP contribution in [0, 0.1) is 13.8 Å². The number of aryl methyl sites for hydroxylation is 2. The summed E-state index contributed by atoms with van der Waals surface area (Å²) in [5.41, 5.74) is 7.25.